The molecule has 2 amide bonds. The van der Waals surface area contributed by atoms with Gasteiger partial charge in [-0.15, -0.1) is 11.3 Å². The summed E-state index contributed by atoms with van der Waals surface area (Å²) >= 11 is 1.27. The molecule has 0 aliphatic rings. The van der Waals surface area contributed by atoms with Gasteiger partial charge in [0.2, 0.25) is 11.8 Å². The van der Waals surface area contributed by atoms with Crippen molar-refractivity contribution in [2.45, 2.75) is 39.5 Å². The number of anilines is 2. The molecule has 8 heteroatoms. The summed E-state index contributed by atoms with van der Waals surface area (Å²) < 4.78 is 0. The van der Waals surface area contributed by atoms with E-state index >= 15 is 0 Å². The van der Waals surface area contributed by atoms with Gasteiger partial charge in [-0.2, -0.15) is 0 Å². The number of carbonyl (C=O) groups is 3. The number of rotatable bonds is 7. The van der Waals surface area contributed by atoms with Gasteiger partial charge < -0.3 is 15.7 Å². The first-order valence-corrected chi connectivity index (χ1v) is 9.36. The summed E-state index contributed by atoms with van der Waals surface area (Å²) in [7, 11) is 0. The standard InChI is InChI=1S/C19H23N3O4S/c1-11(2)16(24)22-18-21-14(10-27-18)9-15(23)20-13-7-5-12(6-8-13)19(3,4)17(25)26/h5-8,10-11H,9H2,1-4H3,(H,20,23)(H,25,26)(H,21,22,24). The van der Waals surface area contributed by atoms with E-state index in [1.165, 1.54) is 11.3 Å². The Kier molecular flexibility index (Phi) is 6.32. The molecule has 0 aliphatic carbocycles. The molecular weight excluding hydrogens is 366 g/mol. The number of aromatic nitrogens is 1. The van der Waals surface area contributed by atoms with E-state index in [4.69, 9.17) is 0 Å². The number of aliphatic carboxylic acids is 1. The molecular formula is C19H23N3O4S. The number of nitrogens with one attached hydrogen (secondary N) is 2. The second kappa shape index (κ2) is 8.30. The smallest absolute Gasteiger partial charge is 0.313 e. The molecule has 0 atom stereocenters. The van der Waals surface area contributed by atoms with Gasteiger partial charge in [0.15, 0.2) is 5.13 Å². The van der Waals surface area contributed by atoms with Crippen molar-refractivity contribution in [3.63, 3.8) is 0 Å². The molecule has 7 nitrogen and oxygen atoms in total. The van der Waals surface area contributed by atoms with E-state index in [0.717, 1.165) is 0 Å². The third kappa shape index (κ3) is 5.37. The van der Waals surface area contributed by atoms with E-state index in [-0.39, 0.29) is 24.2 Å². The van der Waals surface area contributed by atoms with Crippen LogP contribution in [0.3, 0.4) is 0 Å². The lowest BCUT2D eigenvalue weighted by atomic mass is 9.85. The Morgan fingerprint density at radius 3 is 2.33 bits per heavy atom. The van der Waals surface area contributed by atoms with Crippen molar-refractivity contribution in [3.05, 3.63) is 40.9 Å². The Balaban J connectivity index is 1.95. The number of carbonyl (C=O) groups excluding carboxylic acids is 2. The minimum absolute atomic E-state index is 0.0798. The molecule has 0 spiro atoms. The van der Waals surface area contributed by atoms with Gasteiger partial charge in [0.1, 0.15) is 0 Å². The van der Waals surface area contributed by atoms with Crippen LogP contribution in [-0.2, 0) is 26.2 Å². The third-order valence-corrected chi connectivity index (χ3v) is 4.88. The van der Waals surface area contributed by atoms with Crippen LogP contribution in [-0.4, -0.2) is 27.9 Å². The number of amides is 2. The molecule has 0 aliphatic heterocycles. The first-order chi connectivity index (χ1) is 12.6. The molecule has 0 radical (unpaired) electrons. The largest absolute Gasteiger partial charge is 0.481 e. The first-order valence-electron chi connectivity index (χ1n) is 8.48. The second-order valence-electron chi connectivity index (χ2n) is 7.02. The van der Waals surface area contributed by atoms with Gasteiger partial charge in [-0.3, -0.25) is 14.4 Å². The Morgan fingerprint density at radius 1 is 1.15 bits per heavy atom. The average Bonchev–Trinajstić information content (AvgIpc) is 3.01. The molecule has 1 aromatic heterocycles. The molecule has 3 N–H and O–H groups in total. The van der Waals surface area contributed by atoms with E-state index in [9.17, 15) is 19.5 Å². The SMILES string of the molecule is CC(C)C(=O)Nc1nc(CC(=O)Nc2ccc(C(C)(C)C(=O)O)cc2)cs1. The summed E-state index contributed by atoms with van der Waals surface area (Å²) in [6, 6.07) is 6.72. The fourth-order valence-electron chi connectivity index (χ4n) is 2.16. The predicted molar refractivity (Wildman–Crippen MR) is 105 cm³/mol. The Labute approximate surface area is 161 Å². The fourth-order valence-corrected chi connectivity index (χ4v) is 2.87. The van der Waals surface area contributed by atoms with Gasteiger partial charge in [-0.05, 0) is 31.5 Å². The van der Waals surface area contributed by atoms with Crippen molar-refractivity contribution in [2.75, 3.05) is 10.6 Å². The zero-order chi connectivity index (χ0) is 20.2. The van der Waals surface area contributed by atoms with E-state index < -0.39 is 11.4 Å². The predicted octanol–water partition coefficient (Wildman–Crippen LogP) is 3.28. The van der Waals surface area contributed by atoms with Gasteiger partial charge in [-0.1, -0.05) is 26.0 Å². The quantitative estimate of drug-likeness (QED) is 0.673. The van der Waals surface area contributed by atoms with E-state index in [2.05, 4.69) is 15.6 Å². The Morgan fingerprint density at radius 2 is 1.78 bits per heavy atom. The average molecular weight is 389 g/mol. The van der Waals surface area contributed by atoms with E-state index in [0.29, 0.717) is 22.1 Å². The molecule has 1 heterocycles. The highest BCUT2D eigenvalue weighted by Gasteiger charge is 2.29. The second-order valence-corrected chi connectivity index (χ2v) is 7.88. The number of thiazole rings is 1. The molecule has 0 unspecified atom stereocenters. The molecule has 0 fully saturated rings. The lowest BCUT2D eigenvalue weighted by Crippen LogP contribution is -2.28. The third-order valence-electron chi connectivity index (χ3n) is 4.07. The van der Waals surface area contributed by atoms with Crippen LogP contribution in [0.1, 0.15) is 39.0 Å². The minimum atomic E-state index is -1.00. The summed E-state index contributed by atoms with van der Waals surface area (Å²) in [5.74, 6) is -1.42. The first kappa shape index (κ1) is 20.6. The maximum atomic E-state index is 12.2. The maximum absolute atomic E-state index is 12.2. The van der Waals surface area contributed by atoms with Crippen LogP contribution >= 0.6 is 11.3 Å². The van der Waals surface area contributed by atoms with Crippen LogP contribution in [0.4, 0.5) is 10.8 Å². The summed E-state index contributed by atoms with van der Waals surface area (Å²) in [4.78, 5) is 39.4. The molecule has 2 aromatic rings. The summed E-state index contributed by atoms with van der Waals surface area (Å²) in [6.45, 7) is 6.84. The van der Waals surface area contributed by atoms with Crippen molar-refractivity contribution >= 4 is 39.9 Å². The maximum Gasteiger partial charge on any atom is 0.313 e. The summed E-state index contributed by atoms with van der Waals surface area (Å²) in [6.07, 6.45) is 0.0798. The zero-order valence-electron chi connectivity index (χ0n) is 15.7. The zero-order valence-corrected chi connectivity index (χ0v) is 16.5. The highest BCUT2D eigenvalue weighted by atomic mass is 32.1. The van der Waals surface area contributed by atoms with Crippen LogP contribution in [0.15, 0.2) is 29.6 Å². The normalized spacial score (nSPS) is 11.3. The lowest BCUT2D eigenvalue weighted by molar-refractivity contribution is -0.142. The molecule has 144 valence electrons. The van der Waals surface area contributed by atoms with E-state index in [1.54, 1.807) is 57.3 Å². The topological polar surface area (TPSA) is 108 Å². The number of nitrogens with zero attached hydrogens (tertiary/aromatic N) is 1. The van der Waals surface area contributed by atoms with Crippen LogP contribution in [0.2, 0.25) is 0 Å². The van der Waals surface area contributed by atoms with Gasteiger partial charge >= 0.3 is 5.97 Å². The number of benzene rings is 1. The monoisotopic (exact) mass is 389 g/mol. The molecule has 2 rings (SSSR count). The van der Waals surface area contributed by atoms with Crippen molar-refractivity contribution in [1.29, 1.82) is 0 Å². The van der Waals surface area contributed by atoms with Crippen molar-refractivity contribution in [3.8, 4) is 0 Å². The van der Waals surface area contributed by atoms with Gasteiger partial charge in [0, 0.05) is 17.0 Å². The number of carboxylic acid groups (broad SMARTS) is 1. The van der Waals surface area contributed by atoms with Crippen molar-refractivity contribution < 1.29 is 19.5 Å². The van der Waals surface area contributed by atoms with Gasteiger partial charge in [-0.25, -0.2) is 4.98 Å². The lowest BCUT2D eigenvalue weighted by Gasteiger charge is -2.19. The molecule has 1 aromatic carbocycles. The molecule has 0 saturated heterocycles. The molecule has 0 saturated carbocycles. The summed E-state index contributed by atoms with van der Waals surface area (Å²) in [5, 5.41) is 16.9. The van der Waals surface area contributed by atoms with Crippen molar-refractivity contribution in [2.24, 2.45) is 5.92 Å². The Bertz CT molecular complexity index is 841. The number of hydrogen-bond acceptors (Lipinski definition) is 5. The minimum Gasteiger partial charge on any atom is -0.481 e. The van der Waals surface area contributed by atoms with Crippen molar-refractivity contribution in [1.82, 2.24) is 4.98 Å². The highest BCUT2D eigenvalue weighted by molar-refractivity contribution is 7.13. The van der Waals surface area contributed by atoms with Crippen LogP contribution in [0.25, 0.3) is 0 Å². The van der Waals surface area contributed by atoms with Gasteiger partial charge in [0.25, 0.3) is 0 Å². The summed E-state index contributed by atoms with van der Waals surface area (Å²) in [5.41, 5.74) is 0.798. The molecule has 0 bridgehead atoms. The molecule has 27 heavy (non-hydrogen) atoms. The van der Waals surface area contributed by atoms with Crippen LogP contribution < -0.4 is 10.6 Å². The van der Waals surface area contributed by atoms with E-state index in [1.807, 2.05) is 0 Å². The number of carboxylic acids is 1. The highest BCUT2D eigenvalue weighted by Crippen LogP contribution is 2.25. The van der Waals surface area contributed by atoms with Crippen LogP contribution in [0.5, 0.6) is 0 Å². The number of hydrogen-bond donors (Lipinski definition) is 3. The van der Waals surface area contributed by atoms with Gasteiger partial charge in [0.05, 0.1) is 17.5 Å². The van der Waals surface area contributed by atoms with Crippen LogP contribution in [0, 0.1) is 5.92 Å². The Hall–Kier alpha value is -2.74. The fraction of sp³-hybridized carbons (Fsp3) is 0.368.